The number of anilines is 1. The molecular weight excluding hydrogens is 305 g/mol. The first-order valence-corrected chi connectivity index (χ1v) is 6.48. The van der Waals surface area contributed by atoms with Gasteiger partial charge in [-0.1, -0.05) is 12.1 Å². The molecule has 0 bridgehead atoms. The molecule has 0 saturated carbocycles. The SMILES string of the molecule is O=C(O)c1c(Nn2nnc3ccccc32)nn2cc(F)cnc12. The Bertz CT molecular complexity index is 1060. The first kappa shape index (κ1) is 13.1. The van der Waals surface area contributed by atoms with E-state index in [1.807, 2.05) is 6.07 Å². The molecule has 4 rings (SSSR count). The average Bonchev–Trinajstić information content (AvgIpc) is 3.08. The molecular formula is C13H8FN7O2. The predicted molar refractivity (Wildman–Crippen MR) is 76.5 cm³/mol. The molecule has 3 heterocycles. The molecule has 0 aliphatic heterocycles. The van der Waals surface area contributed by atoms with E-state index in [9.17, 15) is 14.3 Å². The van der Waals surface area contributed by atoms with Crippen molar-refractivity contribution >= 4 is 28.5 Å². The molecule has 0 unspecified atom stereocenters. The number of para-hydroxylation sites is 1. The minimum absolute atomic E-state index is 0.0193. The van der Waals surface area contributed by atoms with Gasteiger partial charge in [-0.25, -0.2) is 18.7 Å². The molecule has 23 heavy (non-hydrogen) atoms. The summed E-state index contributed by atoms with van der Waals surface area (Å²) in [5.74, 6) is -1.90. The Hall–Kier alpha value is -3.56. The van der Waals surface area contributed by atoms with Crippen molar-refractivity contribution in [2.45, 2.75) is 0 Å². The van der Waals surface area contributed by atoms with E-state index in [0.717, 1.165) is 16.9 Å². The monoisotopic (exact) mass is 313 g/mol. The third-order valence-electron chi connectivity index (χ3n) is 3.22. The third kappa shape index (κ3) is 2.04. The molecule has 0 radical (unpaired) electrons. The van der Waals surface area contributed by atoms with E-state index in [1.165, 1.54) is 4.79 Å². The first-order chi connectivity index (χ1) is 11.1. The van der Waals surface area contributed by atoms with Crippen LogP contribution in [0, 0.1) is 5.82 Å². The van der Waals surface area contributed by atoms with Gasteiger partial charge < -0.3 is 5.11 Å². The summed E-state index contributed by atoms with van der Waals surface area (Å²) in [4.78, 5) is 16.6. The Morgan fingerprint density at radius 1 is 1.30 bits per heavy atom. The molecule has 9 nitrogen and oxygen atoms in total. The Balaban J connectivity index is 1.88. The first-order valence-electron chi connectivity index (χ1n) is 6.48. The molecule has 2 N–H and O–H groups in total. The number of benzene rings is 1. The lowest BCUT2D eigenvalue weighted by Crippen LogP contribution is -2.14. The topological polar surface area (TPSA) is 110 Å². The molecule has 3 aromatic heterocycles. The summed E-state index contributed by atoms with van der Waals surface area (Å²) in [7, 11) is 0. The molecule has 10 heteroatoms. The van der Waals surface area contributed by atoms with Gasteiger partial charge in [-0.2, -0.15) is 4.79 Å². The number of aromatic carboxylic acids is 1. The summed E-state index contributed by atoms with van der Waals surface area (Å²) in [6, 6.07) is 7.12. The van der Waals surface area contributed by atoms with Crippen LogP contribution in [0.4, 0.5) is 10.2 Å². The summed E-state index contributed by atoms with van der Waals surface area (Å²) in [5.41, 5.74) is 3.85. The lowest BCUT2D eigenvalue weighted by Gasteiger charge is -2.03. The van der Waals surface area contributed by atoms with E-state index in [4.69, 9.17) is 0 Å². The van der Waals surface area contributed by atoms with Crippen LogP contribution in [0.1, 0.15) is 10.4 Å². The molecule has 0 aliphatic carbocycles. The van der Waals surface area contributed by atoms with Crippen molar-refractivity contribution in [1.29, 1.82) is 0 Å². The van der Waals surface area contributed by atoms with E-state index in [2.05, 4.69) is 25.8 Å². The standard InChI is InChI=1S/C13H8FN7O2/c14-7-5-15-12-10(13(22)23)11(17-20(12)6-7)18-21-9-4-2-1-3-8(9)16-19-21/h1-6H,(H,17,18)(H,22,23). The summed E-state index contributed by atoms with van der Waals surface area (Å²) in [6.07, 6.45) is 1.97. The van der Waals surface area contributed by atoms with Crippen molar-refractivity contribution in [2.24, 2.45) is 0 Å². The number of carbonyl (C=O) groups is 1. The number of carboxylic acid groups (broad SMARTS) is 1. The van der Waals surface area contributed by atoms with Crippen molar-refractivity contribution in [3.63, 3.8) is 0 Å². The Morgan fingerprint density at radius 2 is 2.13 bits per heavy atom. The zero-order valence-corrected chi connectivity index (χ0v) is 11.4. The summed E-state index contributed by atoms with van der Waals surface area (Å²) >= 11 is 0. The Kier molecular flexibility index (Phi) is 2.70. The summed E-state index contributed by atoms with van der Waals surface area (Å²) in [6.45, 7) is 0. The van der Waals surface area contributed by atoms with Gasteiger partial charge in [0.25, 0.3) is 0 Å². The van der Waals surface area contributed by atoms with E-state index in [0.29, 0.717) is 11.0 Å². The van der Waals surface area contributed by atoms with Gasteiger partial charge in [0, 0.05) is 0 Å². The Morgan fingerprint density at radius 3 is 2.96 bits per heavy atom. The van der Waals surface area contributed by atoms with Gasteiger partial charge in [0.05, 0.1) is 12.4 Å². The van der Waals surface area contributed by atoms with Crippen LogP contribution in [0.15, 0.2) is 36.7 Å². The van der Waals surface area contributed by atoms with E-state index >= 15 is 0 Å². The highest BCUT2D eigenvalue weighted by Crippen LogP contribution is 2.20. The number of carboxylic acids is 1. The van der Waals surface area contributed by atoms with Crippen LogP contribution in [0.25, 0.3) is 16.7 Å². The molecule has 4 aromatic rings. The quantitative estimate of drug-likeness (QED) is 0.584. The fourth-order valence-corrected chi connectivity index (χ4v) is 2.24. The minimum atomic E-state index is -1.24. The molecule has 114 valence electrons. The van der Waals surface area contributed by atoms with Gasteiger partial charge in [0.1, 0.15) is 16.6 Å². The molecule has 0 atom stereocenters. The maximum Gasteiger partial charge on any atom is 0.343 e. The fraction of sp³-hybridized carbons (Fsp3) is 0. The van der Waals surface area contributed by atoms with Crippen molar-refractivity contribution in [3.05, 3.63) is 48.0 Å². The fourth-order valence-electron chi connectivity index (χ4n) is 2.24. The molecule has 0 spiro atoms. The van der Waals surface area contributed by atoms with Crippen molar-refractivity contribution in [2.75, 3.05) is 5.43 Å². The highest BCUT2D eigenvalue weighted by atomic mass is 19.1. The Labute approximate surface area is 126 Å². The second kappa shape index (κ2) is 4.73. The number of rotatable bonds is 3. The zero-order chi connectivity index (χ0) is 16.0. The normalized spacial score (nSPS) is 11.2. The molecule has 0 amide bonds. The average molecular weight is 313 g/mol. The van der Waals surface area contributed by atoms with Crippen molar-refractivity contribution in [1.82, 2.24) is 29.7 Å². The maximum atomic E-state index is 13.2. The lowest BCUT2D eigenvalue weighted by molar-refractivity contribution is 0.0699. The van der Waals surface area contributed by atoms with Crippen LogP contribution in [0.3, 0.4) is 0 Å². The van der Waals surface area contributed by atoms with Crippen LogP contribution < -0.4 is 5.43 Å². The van der Waals surface area contributed by atoms with E-state index in [-0.39, 0.29) is 17.0 Å². The summed E-state index contributed by atoms with van der Waals surface area (Å²) in [5, 5.41) is 21.2. The zero-order valence-electron chi connectivity index (χ0n) is 11.4. The number of halogens is 1. The van der Waals surface area contributed by atoms with E-state index < -0.39 is 11.8 Å². The lowest BCUT2D eigenvalue weighted by atomic mass is 10.3. The second-order valence-electron chi connectivity index (χ2n) is 4.67. The van der Waals surface area contributed by atoms with Crippen LogP contribution in [-0.2, 0) is 0 Å². The second-order valence-corrected chi connectivity index (χ2v) is 4.67. The highest BCUT2D eigenvalue weighted by Gasteiger charge is 2.21. The highest BCUT2D eigenvalue weighted by molar-refractivity contribution is 6.00. The maximum absolute atomic E-state index is 13.2. The number of aromatic nitrogens is 6. The number of nitrogens with one attached hydrogen (secondary N) is 1. The molecule has 0 saturated heterocycles. The smallest absolute Gasteiger partial charge is 0.343 e. The predicted octanol–water partition coefficient (Wildman–Crippen LogP) is 1.19. The van der Waals surface area contributed by atoms with Crippen LogP contribution >= 0.6 is 0 Å². The van der Waals surface area contributed by atoms with E-state index in [1.54, 1.807) is 18.2 Å². The number of hydrogen-bond donors (Lipinski definition) is 2. The number of fused-ring (bicyclic) bond motifs is 2. The van der Waals surface area contributed by atoms with Crippen LogP contribution in [0.5, 0.6) is 0 Å². The third-order valence-corrected chi connectivity index (χ3v) is 3.22. The van der Waals surface area contributed by atoms with Gasteiger partial charge in [-0.05, 0) is 17.3 Å². The van der Waals surface area contributed by atoms with Gasteiger partial charge in [0.15, 0.2) is 17.3 Å². The van der Waals surface area contributed by atoms with Gasteiger partial charge >= 0.3 is 5.97 Å². The minimum Gasteiger partial charge on any atom is -0.477 e. The van der Waals surface area contributed by atoms with Crippen LogP contribution in [-0.4, -0.2) is 40.8 Å². The van der Waals surface area contributed by atoms with Gasteiger partial charge in [-0.3, -0.25) is 5.43 Å². The molecule has 1 aromatic carbocycles. The van der Waals surface area contributed by atoms with Crippen LogP contribution in [0.2, 0.25) is 0 Å². The van der Waals surface area contributed by atoms with Gasteiger partial charge in [0.2, 0.25) is 0 Å². The van der Waals surface area contributed by atoms with Crippen molar-refractivity contribution < 1.29 is 14.3 Å². The molecule has 0 aliphatic rings. The summed E-state index contributed by atoms with van der Waals surface area (Å²) < 4.78 is 14.3. The molecule has 0 fully saturated rings. The number of hydrogen-bond acceptors (Lipinski definition) is 6. The van der Waals surface area contributed by atoms with Crippen molar-refractivity contribution in [3.8, 4) is 0 Å². The van der Waals surface area contributed by atoms with Gasteiger partial charge in [-0.15, -0.1) is 10.2 Å². The number of nitrogens with zero attached hydrogens (tertiary/aromatic N) is 6. The largest absolute Gasteiger partial charge is 0.477 e.